The zero-order valence-corrected chi connectivity index (χ0v) is 10.0. The summed E-state index contributed by atoms with van der Waals surface area (Å²) in [6, 6.07) is 3.89. The molecule has 1 aliphatic heterocycles. The Kier molecular flexibility index (Phi) is 3.57. The van der Waals surface area contributed by atoms with Crippen molar-refractivity contribution in [1.29, 1.82) is 0 Å². The van der Waals surface area contributed by atoms with Gasteiger partial charge in [-0.05, 0) is 24.6 Å². The van der Waals surface area contributed by atoms with Crippen LogP contribution in [0.15, 0.2) is 42.6 Å². The van der Waals surface area contributed by atoms with Crippen molar-refractivity contribution in [3.8, 4) is 0 Å². The van der Waals surface area contributed by atoms with Gasteiger partial charge in [0.25, 0.3) is 6.20 Å². The highest BCUT2D eigenvalue weighted by Gasteiger charge is 2.14. The first-order valence-electron chi connectivity index (χ1n) is 5.59. The molecule has 0 radical (unpaired) electrons. The van der Waals surface area contributed by atoms with Crippen LogP contribution in [0.4, 0.5) is 0 Å². The molecule has 0 atom stereocenters. The van der Waals surface area contributed by atoms with Crippen LogP contribution in [0, 0.1) is 17.0 Å². The van der Waals surface area contributed by atoms with E-state index in [1.54, 1.807) is 11.1 Å². The quantitative estimate of drug-likeness (QED) is 0.644. The highest BCUT2D eigenvalue weighted by atomic mass is 16.6. The van der Waals surface area contributed by atoms with E-state index in [-0.39, 0.29) is 0 Å². The molecule has 2 rings (SSSR count). The molecule has 1 aliphatic rings. The molecule has 0 aliphatic carbocycles. The van der Waals surface area contributed by atoms with Gasteiger partial charge in [0, 0.05) is 24.6 Å². The molecular weight excluding hydrogens is 232 g/mol. The molecule has 0 amide bonds. The average Bonchev–Trinajstić information content (AvgIpc) is 2.34. The van der Waals surface area contributed by atoms with Gasteiger partial charge < -0.3 is 10.2 Å². The van der Waals surface area contributed by atoms with Gasteiger partial charge in [-0.1, -0.05) is 6.07 Å². The number of nitrogens with zero attached hydrogens (tertiary/aromatic N) is 3. The number of aromatic nitrogens is 1. The van der Waals surface area contributed by atoms with Gasteiger partial charge in [0.15, 0.2) is 5.82 Å². The van der Waals surface area contributed by atoms with E-state index in [0.29, 0.717) is 18.9 Å². The molecule has 0 saturated heterocycles. The summed E-state index contributed by atoms with van der Waals surface area (Å²) in [5.41, 5.74) is 1.95. The lowest BCUT2D eigenvalue weighted by molar-refractivity contribution is -0.404. The summed E-state index contributed by atoms with van der Waals surface area (Å²) < 4.78 is 0. The third-order valence-electron chi connectivity index (χ3n) is 2.55. The van der Waals surface area contributed by atoms with Crippen LogP contribution in [0.3, 0.4) is 0 Å². The van der Waals surface area contributed by atoms with Crippen molar-refractivity contribution in [1.82, 2.24) is 15.2 Å². The van der Waals surface area contributed by atoms with E-state index in [1.807, 2.05) is 31.3 Å². The minimum absolute atomic E-state index is 0.456. The largest absolute Gasteiger partial charge is 0.363 e. The van der Waals surface area contributed by atoms with Crippen LogP contribution in [0.2, 0.25) is 0 Å². The van der Waals surface area contributed by atoms with Gasteiger partial charge in [-0.25, -0.2) is 0 Å². The molecule has 0 aromatic carbocycles. The van der Waals surface area contributed by atoms with Crippen molar-refractivity contribution in [2.24, 2.45) is 0 Å². The number of hydrogen-bond donors (Lipinski definition) is 1. The van der Waals surface area contributed by atoms with Crippen molar-refractivity contribution in [3.05, 3.63) is 64.0 Å². The first-order valence-corrected chi connectivity index (χ1v) is 5.59. The number of rotatable bonds is 3. The second kappa shape index (κ2) is 5.31. The van der Waals surface area contributed by atoms with E-state index in [9.17, 15) is 10.1 Å². The van der Waals surface area contributed by atoms with Crippen LogP contribution >= 0.6 is 0 Å². The van der Waals surface area contributed by atoms with Crippen LogP contribution in [-0.4, -0.2) is 21.4 Å². The zero-order valence-electron chi connectivity index (χ0n) is 10.0. The highest BCUT2D eigenvalue weighted by molar-refractivity contribution is 5.16. The topological polar surface area (TPSA) is 71.3 Å². The first-order chi connectivity index (χ1) is 8.65. The second-order valence-electron chi connectivity index (χ2n) is 4.00. The standard InChI is InChI=1S/C12H14N4O2/c1-10-3-4-11(7-14-10)8-15-6-2-5-13-12(15)9-16(17)18/h2-4,6-7,9,13H,5,8H2,1H3. The van der Waals surface area contributed by atoms with Gasteiger partial charge in [0.05, 0.1) is 11.5 Å². The first kappa shape index (κ1) is 12.1. The third-order valence-corrected chi connectivity index (χ3v) is 2.55. The summed E-state index contributed by atoms with van der Waals surface area (Å²) in [5, 5.41) is 13.5. The number of nitro groups is 1. The Morgan fingerprint density at radius 2 is 2.44 bits per heavy atom. The minimum atomic E-state index is -0.456. The molecule has 0 unspecified atom stereocenters. The van der Waals surface area contributed by atoms with Gasteiger partial charge in [0.1, 0.15) is 0 Å². The Hall–Kier alpha value is -2.37. The number of hydrogen-bond acceptors (Lipinski definition) is 5. The fourth-order valence-corrected chi connectivity index (χ4v) is 1.67. The van der Waals surface area contributed by atoms with E-state index in [4.69, 9.17) is 0 Å². The lowest BCUT2D eigenvalue weighted by Gasteiger charge is -2.25. The van der Waals surface area contributed by atoms with Gasteiger partial charge in [0.2, 0.25) is 0 Å². The smallest absolute Gasteiger partial charge is 0.274 e. The van der Waals surface area contributed by atoms with E-state index in [2.05, 4.69) is 10.3 Å². The predicted octanol–water partition coefficient (Wildman–Crippen LogP) is 1.38. The maximum atomic E-state index is 10.5. The highest BCUT2D eigenvalue weighted by Crippen LogP contribution is 2.12. The minimum Gasteiger partial charge on any atom is -0.363 e. The maximum Gasteiger partial charge on any atom is 0.274 e. The predicted molar refractivity (Wildman–Crippen MR) is 66.7 cm³/mol. The number of nitrogens with one attached hydrogen (secondary N) is 1. The molecule has 18 heavy (non-hydrogen) atoms. The van der Waals surface area contributed by atoms with Crippen molar-refractivity contribution < 1.29 is 4.92 Å². The molecule has 94 valence electrons. The van der Waals surface area contributed by atoms with Crippen molar-refractivity contribution in [2.75, 3.05) is 6.54 Å². The van der Waals surface area contributed by atoms with Crippen molar-refractivity contribution in [3.63, 3.8) is 0 Å². The van der Waals surface area contributed by atoms with E-state index in [1.165, 1.54) is 0 Å². The lowest BCUT2D eigenvalue weighted by atomic mass is 10.2. The monoisotopic (exact) mass is 246 g/mol. The fraction of sp³-hybridized carbons (Fsp3) is 0.250. The normalized spacial score (nSPS) is 16.7. The summed E-state index contributed by atoms with van der Waals surface area (Å²) in [4.78, 5) is 16.1. The van der Waals surface area contributed by atoms with Crippen LogP contribution in [0.25, 0.3) is 0 Å². The number of aryl methyl sites for hydroxylation is 1. The zero-order chi connectivity index (χ0) is 13.0. The Balaban J connectivity index is 2.15. The summed E-state index contributed by atoms with van der Waals surface area (Å²) >= 11 is 0. The third kappa shape index (κ3) is 3.07. The molecule has 2 heterocycles. The average molecular weight is 246 g/mol. The van der Waals surface area contributed by atoms with Crippen molar-refractivity contribution in [2.45, 2.75) is 13.5 Å². The molecule has 0 saturated carbocycles. The molecule has 1 aromatic rings. The van der Waals surface area contributed by atoms with Crippen LogP contribution in [0.1, 0.15) is 11.3 Å². The molecule has 0 bridgehead atoms. The SMILES string of the molecule is Cc1ccc(CN2C=CCNC2=C[N+](=O)[O-])cn1. The molecule has 0 spiro atoms. The summed E-state index contributed by atoms with van der Waals surface area (Å²) in [6.45, 7) is 3.07. The Bertz CT molecular complexity index is 493. The fourth-order valence-electron chi connectivity index (χ4n) is 1.67. The van der Waals surface area contributed by atoms with Crippen LogP contribution < -0.4 is 5.32 Å². The Morgan fingerprint density at radius 1 is 1.61 bits per heavy atom. The summed E-state index contributed by atoms with van der Waals surface area (Å²) in [7, 11) is 0. The molecule has 6 heteroatoms. The summed E-state index contributed by atoms with van der Waals surface area (Å²) in [5.74, 6) is 0.489. The second-order valence-corrected chi connectivity index (χ2v) is 4.00. The van der Waals surface area contributed by atoms with Gasteiger partial charge in [-0.15, -0.1) is 0 Å². The summed E-state index contributed by atoms with van der Waals surface area (Å²) in [6.07, 6.45) is 6.51. The van der Waals surface area contributed by atoms with Crippen LogP contribution in [0.5, 0.6) is 0 Å². The maximum absolute atomic E-state index is 10.5. The molecule has 1 N–H and O–H groups in total. The van der Waals surface area contributed by atoms with E-state index < -0.39 is 4.92 Å². The lowest BCUT2D eigenvalue weighted by Crippen LogP contribution is -2.32. The Morgan fingerprint density at radius 3 is 3.11 bits per heavy atom. The van der Waals surface area contributed by atoms with Crippen molar-refractivity contribution >= 4 is 0 Å². The van der Waals surface area contributed by atoms with Crippen LogP contribution in [-0.2, 0) is 6.54 Å². The van der Waals surface area contributed by atoms with Gasteiger partial charge in [-0.3, -0.25) is 15.1 Å². The Labute approximate surface area is 105 Å². The molecular formula is C12H14N4O2. The molecule has 1 aromatic heterocycles. The van der Waals surface area contributed by atoms with E-state index >= 15 is 0 Å². The molecule has 0 fully saturated rings. The van der Waals surface area contributed by atoms with Gasteiger partial charge in [-0.2, -0.15) is 0 Å². The number of pyridine rings is 1. The molecule has 6 nitrogen and oxygen atoms in total. The van der Waals surface area contributed by atoms with Gasteiger partial charge >= 0.3 is 0 Å². The van der Waals surface area contributed by atoms with E-state index in [0.717, 1.165) is 17.5 Å².